The van der Waals surface area contributed by atoms with Crippen LogP contribution in [0.15, 0.2) is 30.5 Å². The van der Waals surface area contributed by atoms with Crippen molar-refractivity contribution < 1.29 is 0 Å². The molecule has 2 aromatic rings. The first-order valence-corrected chi connectivity index (χ1v) is 7.64. The highest BCUT2D eigenvalue weighted by atomic mass is 15.4. The normalized spacial score (nSPS) is 15.0. The Morgan fingerprint density at radius 2 is 2.05 bits per heavy atom. The van der Waals surface area contributed by atoms with E-state index < -0.39 is 0 Å². The second-order valence-corrected chi connectivity index (χ2v) is 5.81. The Labute approximate surface area is 130 Å². The Bertz CT molecular complexity index is 651. The molecule has 0 saturated heterocycles. The fourth-order valence-electron chi connectivity index (χ4n) is 2.80. The van der Waals surface area contributed by atoms with E-state index in [1.807, 2.05) is 31.2 Å². The largest absolute Gasteiger partial charge is 0.394 e. The van der Waals surface area contributed by atoms with E-state index in [1.165, 1.54) is 17.9 Å². The monoisotopic (exact) mass is 298 g/mol. The SMILES string of the molecule is Cc1cccc(N(N)c2nc(NC3CCCC3)ncc2N)c1. The minimum absolute atomic E-state index is 0.446. The molecule has 1 fully saturated rings. The molecule has 0 bridgehead atoms. The van der Waals surface area contributed by atoms with E-state index in [-0.39, 0.29) is 0 Å². The van der Waals surface area contributed by atoms with Crippen LogP contribution in [0.1, 0.15) is 31.2 Å². The highest BCUT2D eigenvalue weighted by Gasteiger charge is 2.17. The lowest BCUT2D eigenvalue weighted by Crippen LogP contribution is -2.28. The molecular formula is C16H22N6. The van der Waals surface area contributed by atoms with Crippen molar-refractivity contribution in [2.75, 3.05) is 16.1 Å². The Morgan fingerprint density at radius 3 is 2.77 bits per heavy atom. The summed E-state index contributed by atoms with van der Waals surface area (Å²) < 4.78 is 0. The number of aromatic nitrogens is 2. The maximum Gasteiger partial charge on any atom is 0.225 e. The molecule has 3 rings (SSSR count). The average Bonchev–Trinajstić information content (AvgIpc) is 3.01. The molecule has 22 heavy (non-hydrogen) atoms. The van der Waals surface area contributed by atoms with Crippen LogP contribution in [0, 0.1) is 6.92 Å². The third-order valence-electron chi connectivity index (χ3n) is 3.99. The zero-order chi connectivity index (χ0) is 15.5. The molecule has 1 heterocycles. The summed E-state index contributed by atoms with van der Waals surface area (Å²) in [6.45, 7) is 2.02. The molecule has 1 aliphatic rings. The van der Waals surface area contributed by atoms with Gasteiger partial charge in [0.25, 0.3) is 0 Å². The van der Waals surface area contributed by atoms with Gasteiger partial charge in [-0.3, -0.25) is 5.01 Å². The number of aryl methyl sites for hydroxylation is 1. The van der Waals surface area contributed by atoms with E-state index in [4.69, 9.17) is 11.6 Å². The molecule has 0 atom stereocenters. The third-order valence-corrected chi connectivity index (χ3v) is 3.99. The van der Waals surface area contributed by atoms with Gasteiger partial charge in [-0.1, -0.05) is 25.0 Å². The Balaban J connectivity index is 1.85. The van der Waals surface area contributed by atoms with Gasteiger partial charge in [0.05, 0.1) is 17.6 Å². The zero-order valence-corrected chi connectivity index (χ0v) is 12.8. The van der Waals surface area contributed by atoms with Gasteiger partial charge >= 0.3 is 0 Å². The summed E-state index contributed by atoms with van der Waals surface area (Å²) in [5.41, 5.74) is 8.43. The number of hydrogen-bond donors (Lipinski definition) is 3. The number of hydrogen-bond acceptors (Lipinski definition) is 6. The molecule has 0 unspecified atom stereocenters. The van der Waals surface area contributed by atoms with Crippen LogP contribution >= 0.6 is 0 Å². The van der Waals surface area contributed by atoms with Crippen molar-refractivity contribution in [1.82, 2.24) is 9.97 Å². The standard InChI is InChI=1S/C16H22N6/c1-11-5-4-8-13(9-11)22(18)15-14(17)10-19-16(21-15)20-12-6-2-3-7-12/h4-5,8-10,12H,2-3,6-7,17-18H2,1H3,(H,19,20,21). The van der Waals surface area contributed by atoms with E-state index in [0.717, 1.165) is 24.1 Å². The van der Waals surface area contributed by atoms with E-state index in [9.17, 15) is 0 Å². The van der Waals surface area contributed by atoms with Gasteiger partial charge in [0, 0.05) is 6.04 Å². The maximum atomic E-state index is 6.20. The lowest BCUT2D eigenvalue weighted by molar-refractivity contribution is 0.743. The van der Waals surface area contributed by atoms with Crippen molar-refractivity contribution in [1.29, 1.82) is 0 Å². The number of hydrazine groups is 1. The van der Waals surface area contributed by atoms with Crippen LogP contribution in [0.2, 0.25) is 0 Å². The summed E-state index contributed by atoms with van der Waals surface area (Å²) >= 11 is 0. The Hall–Kier alpha value is -2.34. The van der Waals surface area contributed by atoms with Crippen LogP contribution in [-0.2, 0) is 0 Å². The van der Waals surface area contributed by atoms with Gasteiger partial charge in [-0.15, -0.1) is 0 Å². The highest BCUT2D eigenvalue weighted by molar-refractivity contribution is 5.70. The smallest absolute Gasteiger partial charge is 0.225 e. The lowest BCUT2D eigenvalue weighted by atomic mass is 10.2. The van der Waals surface area contributed by atoms with Crippen molar-refractivity contribution in [2.45, 2.75) is 38.6 Å². The van der Waals surface area contributed by atoms with Crippen LogP contribution in [-0.4, -0.2) is 16.0 Å². The summed E-state index contributed by atoms with van der Waals surface area (Å²) in [7, 11) is 0. The predicted molar refractivity (Wildman–Crippen MR) is 89.8 cm³/mol. The fraction of sp³-hybridized carbons (Fsp3) is 0.375. The average molecular weight is 298 g/mol. The maximum absolute atomic E-state index is 6.20. The molecule has 1 saturated carbocycles. The van der Waals surface area contributed by atoms with Crippen LogP contribution < -0.4 is 21.9 Å². The molecule has 1 aromatic heterocycles. The zero-order valence-electron chi connectivity index (χ0n) is 12.8. The number of nitrogens with two attached hydrogens (primary N) is 2. The van der Waals surface area contributed by atoms with Gasteiger partial charge in [0.15, 0.2) is 5.82 Å². The molecule has 6 heteroatoms. The number of anilines is 4. The lowest BCUT2D eigenvalue weighted by Gasteiger charge is -2.21. The van der Waals surface area contributed by atoms with Crippen LogP contribution in [0.3, 0.4) is 0 Å². The molecule has 5 N–H and O–H groups in total. The molecule has 0 amide bonds. The summed E-state index contributed by atoms with van der Waals surface area (Å²) in [5.74, 6) is 7.30. The van der Waals surface area contributed by atoms with Crippen LogP contribution in [0.25, 0.3) is 0 Å². The van der Waals surface area contributed by atoms with Gasteiger partial charge in [0.1, 0.15) is 0 Å². The number of nitrogens with zero attached hydrogens (tertiary/aromatic N) is 3. The molecule has 116 valence electrons. The minimum atomic E-state index is 0.446. The summed E-state index contributed by atoms with van der Waals surface area (Å²) in [4.78, 5) is 8.76. The van der Waals surface area contributed by atoms with Gasteiger partial charge in [0.2, 0.25) is 5.95 Å². The van der Waals surface area contributed by atoms with Gasteiger partial charge < -0.3 is 11.1 Å². The molecule has 6 nitrogen and oxygen atoms in total. The molecular weight excluding hydrogens is 276 g/mol. The van der Waals surface area contributed by atoms with Crippen molar-refractivity contribution in [2.24, 2.45) is 5.84 Å². The topological polar surface area (TPSA) is 93.1 Å². The van der Waals surface area contributed by atoms with E-state index in [1.54, 1.807) is 6.20 Å². The van der Waals surface area contributed by atoms with E-state index >= 15 is 0 Å². The summed E-state index contributed by atoms with van der Waals surface area (Å²) in [6, 6.07) is 8.35. The van der Waals surface area contributed by atoms with Crippen molar-refractivity contribution in [3.8, 4) is 0 Å². The first-order valence-electron chi connectivity index (χ1n) is 7.64. The quantitative estimate of drug-likeness (QED) is 0.593. The first kappa shape index (κ1) is 14.6. The third kappa shape index (κ3) is 3.12. The molecule has 0 aliphatic heterocycles. The second-order valence-electron chi connectivity index (χ2n) is 5.81. The molecule has 1 aromatic carbocycles. The minimum Gasteiger partial charge on any atom is -0.394 e. The number of nitrogens with one attached hydrogen (secondary N) is 1. The van der Waals surface area contributed by atoms with Crippen molar-refractivity contribution in [3.63, 3.8) is 0 Å². The summed E-state index contributed by atoms with van der Waals surface area (Å²) in [5, 5.41) is 4.87. The van der Waals surface area contributed by atoms with Crippen molar-refractivity contribution in [3.05, 3.63) is 36.0 Å². The molecule has 0 spiro atoms. The molecule has 0 radical (unpaired) electrons. The highest BCUT2D eigenvalue weighted by Crippen LogP contribution is 2.27. The number of rotatable bonds is 4. The molecule has 1 aliphatic carbocycles. The predicted octanol–water partition coefficient (Wildman–Crippen LogP) is 2.73. The van der Waals surface area contributed by atoms with Crippen molar-refractivity contribution >= 4 is 23.1 Å². The Morgan fingerprint density at radius 1 is 1.27 bits per heavy atom. The van der Waals surface area contributed by atoms with Gasteiger partial charge in [-0.05, 0) is 37.5 Å². The fourth-order valence-corrected chi connectivity index (χ4v) is 2.80. The van der Waals surface area contributed by atoms with Crippen LogP contribution in [0.4, 0.5) is 23.1 Å². The van der Waals surface area contributed by atoms with E-state index in [2.05, 4.69) is 15.3 Å². The number of nitrogen functional groups attached to an aromatic ring is 1. The van der Waals surface area contributed by atoms with Gasteiger partial charge in [-0.25, -0.2) is 10.8 Å². The van der Waals surface area contributed by atoms with Gasteiger partial charge in [-0.2, -0.15) is 4.98 Å². The Kier molecular flexibility index (Phi) is 4.11. The van der Waals surface area contributed by atoms with Crippen LogP contribution in [0.5, 0.6) is 0 Å². The number of benzene rings is 1. The second kappa shape index (κ2) is 6.19. The first-order chi connectivity index (χ1) is 10.6. The summed E-state index contributed by atoms with van der Waals surface area (Å²) in [6.07, 6.45) is 6.44. The van der Waals surface area contributed by atoms with E-state index in [0.29, 0.717) is 23.5 Å².